The number of hydrogen-bond acceptors (Lipinski definition) is 3. The average molecular weight is 322 g/mol. The molecule has 0 aromatic carbocycles. The fraction of sp³-hybridized carbons (Fsp3) is 0.889. The number of esters is 1. The Labute approximate surface area is 159 Å². The molecule has 126 valence electrons. The summed E-state index contributed by atoms with van der Waals surface area (Å²) in [5.41, 5.74) is 0. The van der Waals surface area contributed by atoms with Crippen LogP contribution >= 0.6 is 0 Å². The van der Waals surface area contributed by atoms with Gasteiger partial charge in [-0.05, 0) is 12.8 Å². The third-order valence-electron chi connectivity index (χ3n) is 3.72. The number of unbranched alkanes of at least 4 members (excludes halogenated alkanes) is 10. The van der Waals surface area contributed by atoms with E-state index in [1.54, 1.807) is 0 Å². The van der Waals surface area contributed by atoms with Gasteiger partial charge in [-0.25, -0.2) is 4.79 Å². The quantitative estimate of drug-likeness (QED) is 0.192. The Balaban J connectivity index is 0. The van der Waals surface area contributed by atoms with Gasteiger partial charge in [0.15, 0.2) is 0 Å². The summed E-state index contributed by atoms with van der Waals surface area (Å²) in [6.07, 6.45) is 14.0. The first-order valence-corrected chi connectivity index (χ1v) is 8.92. The molecule has 0 radical (unpaired) electrons. The summed E-state index contributed by atoms with van der Waals surface area (Å²) in [5.74, 6) is -0.978. The predicted molar refractivity (Wildman–Crippen MR) is 94.5 cm³/mol. The fourth-order valence-electron chi connectivity index (χ4n) is 2.30. The molecule has 0 saturated carbocycles. The topological polar surface area (TPSA) is 43.4 Å². The number of carbonyl (C=O) groups is 2. The van der Waals surface area contributed by atoms with Crippen molar-refractivity contribution in [2.75, 3.05) is 6.61 Å². The van der Waals surface area contributed by atoms with E-state index in [0.29, 0.717) is 13.0 Å². The van der Waals surface area contributed by atoms with E-state index in [0.717, 1.165) is 32.1 Å². The molecule has 0 atom stereocenters. The van der Waals surface area contributed by atoms with E-state index in [1.807, 2.05) is 0 Å². The summed E-state index contributed by atoms with van der Waals surface area (Å²) in [4.78, 5) is 23.0. The Hall–Kier alpha value is 0.140. The molecule has 0 aromatic rings. The van der Waals surface area contributed by atoms with E-state index >= 15 is 0 Å². The molecule has 0 aliphatic rings. The maximum absolute atomic E-state index is 11.6. The summed E-state index contributed by atoms with van der Waals surface area (Å²) in [5, 5.41) is 0. The zero-order chi connectivity index (χ0) is 15.8. The van der Waals surface area contributed by atoms with Crippen LogP contribution < -0.4 is 0 Å². The molecule has 0 heterocycles. The standard InChI is InChI=1S/C18H34O3.Na.H/c1-3-5-7-9-11-13-15-17(19)18(20)21-16-14-12-10-8-6-4-2;;/h3-16H2,1-2H3;;. The zero-order valence-electron chi connectivity index (χ0n) is 14.1. The molecule has 0 aliphatic carbocycles. The van der Waals surface area contributed by atoms with Crippen molar-refractivity contribution >= 4 is 41.3 Å². The van der Waals surface area contributed by atoms with Gasteiger partial charge in [0.25, 0.3) is 0 Å². The Morgan fingerprint density at radius 2 is 1.14 bits per heavy atom. The van der Waals surface area contributed by atoms with E-state index in [2.05, 4.69) is 13.8 Å². The third kappa shape index (κ3) is 16.5. The third-order valence-corrected chi connectivity index (χ3v) is 3.72. The predicted octanol–water partition coefficient (Wildman–Crippen LogP) is 4.56. The second-order valence-corrected chi connectivity index (χ2v) is 5.84. The van der Waals surface area contributed by atoms with E-state index < -0.39 is 5.97 Å². The van der Waals surface area contributed by atoms with Crippen molar-refractivity contribution in [2.45, 2.75) is 97.3 Å². The number of ether oxygens (including phenoxy) is 1. The number of ketones is 1. The normalized spacial score (nSPS) is 10.1. The Morgan fingerprint density at radius 3 is 1.68 bits per heavy atom. The summed E-state index contributed by atoms with van der Waals surface area (Å²) in [6.45, 7) is 4.77. The van der Waals surface area contributed by atoms with Crippen LogP contribution in [-0.2, 0) is 14.3 Å². The first kappa shape index (κ1) is 24.4. The van der Waals surface area contributed by atoms with Crippen molar-refractivity contribution in [1.29, 1.82) is 0 Å². The van der Waals surface area contributed by atoms with E-state index in [4.69, 9.17) is 4.74 Å². The van der Waals surface area contributed by atoms with Crippen LogP contribution in [0.3, 0.4) is 0 Å². The first-order valence-electron chi connectivity index (χ1n) is 8.92. The molecule has 0 bridgehead atoms. The molecule has 0 rings (SSSR count). The summed E-state index contributed by atoms with van der Waals surface area (Å²) < 4.78 is 5.02. The number of carbonyl (C=O) groups excluding carboxylic acids is 2. The molecule has 3 nitrogen and oxygen atoms in total. The SMILES string of the molecule is CCCCCCCCOC(=O)C(=O)CCCCCCCC.[NaH]. The monoisotopic (exact) mass is 322 g/mol. The molecule has 0 fully saturated rings. The van der Waals surface area contributed by atoms with E-state index in [9.17, 15) is 9.59 Å². The molecule has 0 saturated heterocycles. The second kappa shape index (κ2) is 19.2. The molecule has 0 unspecified atom stereocenters. The van der Waals surface area contributed by atoms with Crippen molar-refractivity contribution in [3.8, 4) is 0 Å². The van der Waals surface area contributed by atoms with Crippen LogP contribution in [-0.4, -0.2) is 47.9 Å². The van der Waals surface area contributed by atoms with Gasteiger partial charge in [-0.1, -0.05) is 78.1 Å². The van der Waals surface area contributed by atoms with Gasteiger partial charge < -0.3 is 4.74 Å². The molecule has 0 amide bonds. The van der Waals surface area contributed by atoms with Gasteiger partial charge in [-0.2, -0.15) is 0 Å². The van der Waals surface area contributed by atoms with Gasteiger partial charge in [0.05, 0.1) is 6.61 Å². The van der Waals surface area contributed by atoms with Crippen LogP contribution in [0.4, 0.5) is 0 Å². The molecular weight excluding hydrogens is 287 g/mol. The first-order chi connectivity index (χ1) is 10.2. The molecule has 22 heavy (non-hydrogen) atoms. The molecule has 0 spiro atoms. The summed E-state index contributed by atoms with van der Waals surface area (Å²) in [7, 11) is 0. The fourth-order valence-corrected chi connectivity index (χ4v) is 2.30. The van der Waals surface area contributed by atoms with Crippen LogP contribution in [0, 0.1) is 0 Å². The van der Waals surface area contributed by atoms with Crippen molar-refractivity contribution in [3.63, 3.8) is 0 Å². The number of hydrogen-bond donors (Lipinski definition) is 0. The van der Waals surface area contributed by atoms with Gasteiger partial charge in [0.1, 0.15) is 0 Å². The number of Topliss-reactive ketones (excluding diaryl/α,β-unsaturated/α-hetero) is 1. The van der Waals surface area contributed by atoms with Crippen LogP contribution in [0.25, 0.3) is 0 Å². The molecular formula is C18H35NaO3. The Kier molecular flexibility index (Phi) is 21.3. The molecule has 4 heteroatoms. The van der Waals surface area contributed by atoms with Crippen LogP contribution in [0.5, 0.6) is 0 Å². The van der Waals surface area contributed by atoms with E-state index in [-0.39, 0.29) is 35.3 Å². The number of rotatable bonds is 15. The minimum atomic E-state index is -0.628. The zero-order valence-corrected chi connectivity index (χ0v) is 14.1. The van der Waals surface area contributed by atoms with Gasteiger partial charge >= 0.3 is 35.5 Å². The van der Waals surface area contributed by atoms with Crippen molar-refractivity contribution in [1.82, 2.24) is 0 Å². The van der Waals surface area contributed by atoms with Gasteiger partial charge in [0.2, 0.25) is 5.78 Å². The van der Waals surface area contributed by atoms with Crippen LogP contribution in [0.1, 0.15) is 97.3 Å². The second-order valence-electron chi connectivity index (χ2n) is 5.84. The maximum atomic E-state index is 11.6. The average Bonchev–Trinajstić information content (AvgIpc) is 2.49. The van der Waals surface area contributed by atoms with Crippen molar-refractivity contribution in [3.05, 3.63) is 0 Å². The van der Waals surface area contributed by atoms with Crippen molar-refractivity contribution < 1.29 is 14.3 Å². The minimum absolute atomic E-state index is 0. The van der Waals surface area contributed by atoms with Gasteiger partial charge in [-0.15, -0.1) is 0 Å². The van der Waals surface area contributed by atoms with Crippen molar-refractivity contribution in [2.24, 2.45) is 0 Å². The Bertz CT molecular complexity index is 267. The van der Waals surface area contributed by atoms with Gasteiger partial charge in [-0.3, -0.25) is 4.79 Å². The molecule has 0 aromatic heterocycles. The molecule has 0 aliphatic heterocycles. The molecule has 0 N–H and O–H groups in total. The van der Waals surface area contributed by atoms with Crippen LogP contribution in [0.15, 0.2) is 0 Å². The van der Waals surface area contributed by atoms with Gasteiger partial charge in [0, 0.05) is 6.42 Å². The van der Waals surface area contributed by atoms with Crippen LogP contribution in [0.2, 0.25) is 0 Å². The summed E-state index contributed by atoms with van der Waals surface area (Å²) in [6, 6.07) is 0. The Morgan fingerprint density at radius 1 is 0.682 bits per heavy atom. The van der Waals surface area contributed by atoms with E-state index in [1.165, 1.54) is 44.9 Å². The summed E-state index contributed by atoms with van der Waals surface area (Å²) >= 11 is 0.